The molecule has 2 rings (SSSR count). The summed E-state index contributed by atoms with van der Waals surface area (Å²) in [4.78, 5) is 27.6. The molecule has 20 heavy (non-hydrogen) atoms. The molecule has 2 aliphatic heterocycles. The van der Waals surface area contributed by atoms with Crippen LogP contribution >= 0.6 is 0 Å². The molecule has 0 unspecified atom stereocenters. The van der Waals surface area contributed by atoms with E-state index in [1.165, 1.54) is 0 Å². The lowest BCUT2D eigenvalue weighted by molar-refractivity contribution is -0.153. The molecule has 6 heteroatoms. The second-order valence-electron chi connectivity index (χ2n) is 7.03. The van der Waals surface area contributed by atoms with Crippen molar-refractivity contribution in [3.8, 4) is 0 Å². The van der Waals surface area contributed by atoms with Gasteiger partial charge in [0.25, 0.3) is 0 Å². The maximum absolute atomic E-state index is 12.1. The fourth-order valence-electron chi connectivity index (χ4n) is 3.16. The van der Waals surface area contributed by atoms with Crippen molar-refractivity contribution in [1.82, 2.24) is 9.80 Å². The molecule has 0 aromatic carbocycles. The smallest absolute Gasteiger partial charge is 0.410 e. The number of carboxylic acid groups (broad SMARTS) is 1. The minimum Gasteiger partial charge on any atom is -0.481 e. The molecule has 0 saturated carbocycles. The van der Waals surface area contributed by atoms with Crippen molar-refractivity contribution in [2.75, 3.05) is 33.2 Å². The van der Waals surface area contributed by atoms with Gasteiger partial charge in [-0.3, -0.25) is 4.79 Å². The van der Waals surface area contributed by atoms with E-state index in [1.54, 1.807) is 4.90 Å². The summed E-state index contributed by atoms with van der Waals surface area (Å²) in [6.45, 7) is 7.64. The first-order chi connectivity index (χ1) is 9.14. The summed E-state index contributed by atoms with van der Waals surface area (Å²) in [6, 6.07) is 0. The standard InChI is InChI=1S/C14H24N2O4/c1-13(2,3)20-12(19)16-8-10-7-15(4)6-5-14(10,9-16)11(17)18/h10H,5-9H2,1-4H3,(H,17,18)/t10-,14-/m1/s1. The summed E-state index contributed by atoms with van der Waals surface area (Å²) in [5, 5.41) is 9.62. The van der Waals surface area contributed by atoms with Crippen LogP contribution in [0.2, 0.25) is 0 Å². The molecular formula is C14H24N2O4. The van der Waals surface area contributed by atoms with E-state index in [0.29, 0.717) is 19.5 Å². The maximum atomic E-state index is 12.1. The Morgan fingerprint density at radius 1 is 1.30 bits per heavy atom. The van der Waals surface area contributed by atoms with E-state index in [4.69, 9.17) is 4.74 Å². The SMILES string of the molecule is CN1CC[C@@]2(C(=O)O)CN(C(=O)OC(C)(C)C)C[C@H]2C1. The highest BCUT2D eigenvalue weighted by atomic mass is 16.6. The zero-order valence-electron chi connectivity index (χ0n) is 12.7. The number of fused-ring (bicyclic) bond motifs is 1. The van der Waals surface area contributed by atoms with Gasteiger partial charge in [-0.05, 0) is 40.8 Å². The van der Waals surface area contributed by atoms with Crippen LogP contribution < -0.4 is 0 Å². The molecule has 1 N–H and O–H groups in total. The molecule has 0 aromatic rings. The first-order valence-corrected chi connectivity index (χ1v) is 7.04. The number of carboxylic acids is 1. The summed E-state index contributed by atoms with van der Waals surface area (Å²) in [5.74, 6) is -0.812. The Morgan fingerprint density at radius 3 is 2.50 bits per heavy atom. The first kappa shape index (κ1) is 15.1. The molecule has 114 valence electrons. The van der Waals surface area contributed by atoms with Crippen LogP contribution in [0.15, 0.2) is 0 Å². The number of nitrogens with zero attached hydrogens (tertiary/aromatic N) is 2. The van der Waals surface area contributed by atoms with Gasteiger partial charge in [-0.25, -0.2) is 4.79 Å². The summed E-state index contributed by atoms with van der Waals surface area (Å²) in [6.07, 6.45) is 0.179. The second-order valence-corrected chi connectivity index (χ2v) is 7.03. The van der Waals surface area contributed by atoms with Gasteiger partial charge in [0.2, 0.25) is 0 Å². The van der Waals surface area contributed by atoms with Gasteiger partial charge in [-0.15, -0.1) is 0 Å². The second kappa shape index (κ2) is 4.91. The van der Waals surface area contributed by atoms with Gasteiger partial charge >= 0.3 is 12.1 Å². The predicted octanol–water partition coefficient (Wildman–Crippen LogP) is 1.26. The average Bonchev–Trinajstić information content (AvgIpc) is 2.66. The average molecular weight is 284 g/mol. The highest BCUT2D eigenvalue weighted by Gasteiger charge is 2.55. The summed E-state index contributed by atoms with van der Waals surface area (Å²) in [7, 11) is 1.99. The van der Waals surface area contributed by atoms with E-state index in [9.17, 15) is 14.7 Å². The van der Waals surface area contributed by atoms with Crippen LogP contribution in [0, 0.1) is 11.3 Å². The molecule has 0 spiro atoms. The lowest BCUT2D eigenvalue weighted by atomic mass is 9.73. The summed E-state index contributed by atoms with van der Waals surface area (Å²) in [5.41, 5.74) is -1.36. The third-order valence-corrected chi connectivity index (χ3v) is 4.24. The van der Waals surface area contributed by atoms with Crippen LogP contribution in [-0.2, 0) is 9.53 Å². The van der Waals surface area contributed by atoms with Crippen molar-refractivity contribution in [1.29, 1.82) is 0 Å². The fourth-order valence-corrected chi connectivity index (χ4v) is 3.16. The van der Waals surface area contributed by atoms with Gasteiger partial charge in [-0.2, -0.15) is 0 Å². The fraction of sp³-hybridized carbons (Fsp3) is 0.857. The molecule has 0 radical (unpaired) electrons. The van der Waals surface area contributed by atoms with Crippen molar-refractivity contribution in [2.45, 2.75) is 32.8 Å². The number of carbonyl (C=O) groups excluding carboxylic acids is 1. The Labute approximate surface area is 119 Å². The molecule has 0 bridgehead atoms. The van der Waals surface area contributed by atoms with Gasteiger partial charge < -0.3 is 19.6 Å². The Morgan fingerprint density at radius 2 is 1.95 bits per heavy atom. The minimum atomic E-state index is -0.802. The summed E-state index contributed by atoms with van der Waals surface area (Å²) < 4.78 is 5.36. The van der Waals surface area contributed by atoms with Gasteiger partial charge in [0.1, 0.15) is 5.60 Å². The number of hydrogen-bond donors (Lipinski definition) is 1. The molecule has 0 aliphatic carbocycles. The number of amides is 1. The number of rotatable bonds is 1. The Bertz CT molecular complexity index is 418. The predicted molar refractivity (Wildman–Crippen MR) is 73.5 cm³/mol. The van der Waals surface area contributed by atoms with E-state index in [2.05, 4.69) is 4.90 Å². The lowest BCUT2D eigenvalue weighted by Crippen LogP contribution is -2.49. The molecular weight excluding hydrogens is 260 g/mol. The topological polar surface area (TPSA) is 70.1 Å². The quantitative estimate of drug-likeness (QED) is 0.785. The van der Waals surface area contributed by atoms with Crippen molar-refractivity contribution in [2.24, 2.45) is 11.3 Å². The van der Waals surface area contributed by atoms with E-state index in [1.807, 2.05) is 27.8 Å². The van der Waals surface area contributed by atoms with Gasteiger partial charge in [0.15, 0.2) is 0 Å². The zero-order valence-corrected chi connectivity index (χ0v) is 12.7. The first-order valence-electron chi connectivity index (χ1n) is 7.04. The highest BCUT2D eigenvalue weighted by molar-refractivity contribution is 5.78. The van der Waals surface area contributed by atoms with E-state index in [-0.39, 0.29) is 12.5 Å². The molecule has 2 fully saturated rings. The van der Waals surface area contributed by atoms with Crippen molar-refractivity contribution < 1.29 is 19.4 Å². The molecule has 0 aromatic heterocycles. The van der Waals surface area contributed by atoms with Gasteiger partial charge in [0, 0.05) is 25.6 Å². The highest BCUT2D eigenvalue weighted by Crippen LogP contribution is 2.43. The monoisotopic (exact) mass is 284 g/mol. The Balaban J connectivity index is 2.14. The minimum absolute atomic E-state index is 0.0220. The van der Waals surface area contributed by atoms with Crippen LogP contribution in [0.1, 0.15) is 27.2 Å². The largest absolute Gasteiger partial charge is 0.481 e. The van der Waals surface area contributed by atoms with E-state index in [0.717, 1.165) is 6.54 Å². The van der Waals surface area contributed by atoms with E-state index < -0.39 is 23.1 Å². The lowest BCUT2D eigenvalue weighted by Gasteiger charge is -2.38. The van der Waals surface area contributed by atoms with E-state index >= 15 is 0 Å². The van der Waals surface area contributed by atoms with Crippen molar-refractivity contribution >= 4 is 12.1 Å². The number of aliphatic carboxylic acids is 1. The number of piperidine rings is 1. The van der Waals surface area contributed by atoms with Crippen molar-refractivity contribution in [3.63, 3.8) is 0 Å². The molecule has 6 nitrogen and oxygen atoms in total. The van der Waals surface area contributed by atoms with Crippen LogP contribution in [-0.4, -0.2) is 65.8 Å². The number of likely N-dealkylation sites (tertiary alicyclic amines) is 2. The molecule has 2 heterocycles. The van der Waals surface area contributed by atoms with Crippen LogP contribution in [0.25, 0.3) is 0 Å². The van der Waals surface area contributed by atoms with Crippen LogP contribution in [0.4, 0.5) is 4.79 Å². The number of hydrogen-bond acceptors (Lipinski definition) is 4. The number of ether oxygens (including phenoxy) is 1. The van der Waals surface area contributed by atoms with Crippen LogP contribution in [0.3, 0.4) is 0 Å². The van der Waals surface area contributed by atoms with Crippen molar-refractivity contribution in [3.05, 3.63) is 0 Å². The van der Waals surface area contributed by atoms with Gasteiger partial charge in [0.05, 0.1) is 5.41 Å². The molecule has 1 amide bonds. The third kappa shape index (κ3) is 2.75. The zero-order chi connectivity index (χ0) is 15.1. The maximum Gasteiger partial charge on any atom is 0.410 e. The summed E-state index contributed by atoms with van der Waals surface area (Å²) >= 11 is 0. The Hall–Kier alpha value is -1.30. The van der Waals surface area contributed by atoms with Gasteiger partial charge in [-0.1, -0.05) is 0 Å². The molecule has 2 atom stereocenters. The molecule has 2 aliphatic rings. The third-order valence-electron chi connectivity index (χ3n) is 4.24. The number of carbonyl (C=O) groups is 2. The normalized spacial score (nSPS) is 31.0. The molecule has 2 saturated heterocycles. The van der Waals surface area contributed by atoms with Crippen LogP contribution in [0.5, 0.6) is 0 Å². The Kier molecular flexibility index (Phi) is 3.71.